The van der Waals surface area contributed by atoms with E-state index < -0.39 is 0 Å². The fourth-order valence-corrected chi connectivity index (χ4v) is 2.68. The van der Waals surface area contributed by atoms with Gasteiger partial charge in [0.1, 0.15) is 17.5 Å². The molecule has 20 heavy (non-hydrogen) atoms. The van der Waals surface area contributed by atoms with Crippen LogP contribution in [0.25, 0.3) is 0 Å². The summed E-state index contributed by atoms with van der Waals surface area (Å²) in [5, 5.41) is 3.18. The van der Waals surface area contributed by atoms with Gasteiger partial charge in [-0.25, -0.2) is 9.97 Å². The van der Waals surface area contributed by atoms with Crippen molar-refractivity contribution < 1.29 is 4.74 Å². The monoisotopic (exact) mass is 278 g/mol. The van der Waals surface area contributed by atoms with Crippen molar-refractivity contribution in [2.45, 2.75) is 52.7 Å². The second kappa shape index (κ2) is 5.95. The zero-order chi connectivity index (χ0) is 14.9. The normalized spacial score (nSPS) is 23.2. The van der Waals surface area contributed by atoms with Crippen LogP contribution < -0.4 is 10.2 Å². The number of hydrogen-bond donors (Lipinski definition) is 1. The predicted molar refractivity (Wildman–Crippen MR) is 82.6 cm³/mol. The van der Waals surface area contributed by atoms with Crippen molar-refractivity contribution in [3.05, 3.63) is 11.4 Å². The smallest absolute Gasteiger partial charge is 0.137 e. The molecule has 5 nitrogen and oxygen atoms in total. The molecule has 1 aromatic heterocycles. The van der Waals surface area contributed by atoms with Crippen LogP contribution in [0.1, 0.15) is 45.0 Å². The molecule has 2 atom stereocenters. The van der Waals surface area contributed by atoms with Gasteiger partial charge in [0.2, 0.25) is 0 Å². The summed E-state index contributed by atoms with van der Waals surface area (Å²) in [6, 6.07) is 0. The number of nitrogens with one attached hydrogen (secondary N) is 1. The molecule has 1 aliphatic rings. The molecule has 0 spiro atoms. The Morgan fingerprint density at radius 3 is 2.30 bits per heavy atom. The molecule has 112 valence electrons. The number of morpholine rings is 1. The Hall–Kier alpha value is -1.36. The molecule has 0 aromatic carbocycles. The highest BCUT2D eigenvalue weighted by atomic mass is 16.5. The Labute approximate surface area is 121 Å². The lowest BCUT2D eigenvalue weighted by molar-refractivity contribution is -0.00550. The lowest BCUT2D eigenvalue weighted by Gasteiger charge is -2.37. The summed E-state index contributed by atoms with van der Waals surface area (Å²) in [7, 11) is 1.91. The first-order valence-electron chi connectivity index (χ1n) is 7.39. The molecule has 5 heteroatoms. The van der Waals surface area contributed by atoms with E-state index in [2.05, 4.69) is 49.8 Å². The van der Waals surface area contributed by atoms with Gasteiger partial charge in [0.05, 0.1) is 12.2 Å². The zero-order valence-electron chi connectivity index (χ0n) is 13.4. The topological polar surface area (TPSA) is 50.3 Å². The molecule has 1 aromatic rings. The quantitative estimate of drug-likeness (QED) is 0.921. The highest BCUT2D eigenvalue weighted by Gasteiger charge is 2.26. The minimum absolute atomic E-state index is 0.230. The average Bonchev–Trinajstić information content (AvgIpc) is 2.37. The largest absolute Gasteiger partial charge is 0.373 e. The summed E-state index contributed by atoms with van der Waals surface area (Å²) in [4.78, 5) is 11.7. The predicted octanol–water partition coefficient (Wildman–Crippen LogP) is 2.56. The van der Waals surface area contributed by atoms with E-state index >= 15 is 0 Å². The van der Waals surface area contributed by atoms with Crippen molar-refractivity contribution in [1.29, 1.82) is 0 Å². The first kappa shape index (κ1) is 15.0. The third-order valence-electron chi connectivity index (χ3n) is 3.61. The van der Waals surface area contributed by atoms with Crippen LogP contribution in [0.5, 0.6) is 0 Å². The maximum atomic E-state index is 5.81. The minimum atomic E-state index is 0.230. The Balaban J connectivity index is 2.41. The van der Waals surface area contributed by atoms with Crippen LogP contribution in [-0.4, -0.2) is 42.3 Å². The SMILES string of the molecule is CNc1nc(C(C)C)nc(N2C[C@@H](C)O[C@@H](C)C2)c1C. The minimum Gasteiger partial charge on any atom is -0.373 e. The van der Waals surface area contributed by atoms with Gasteiger partial charge in [0.15, 0.2) is 0 Å². The van der Waals surface area contributed by atoms with Gasteiger partial charge in [-0.2, -0.15) is 0 Å². The molecule has 0 radical (unpaired) electrons. The van der Waals surface area contributed by atoms with Gasteiger partial charge in [-0.3, -0.25) is 0 Å². The van der Waals surface area contributed by atoms with E-state index in [4.69, 9.17) is 9.72 Å². The standard InChI is InChI=1S/C15H26N4O/c1-9(2)13-17-14(16-6)12(5)15(18-13)19-7-10(3)20-11(4)8-19/h9-11H,7-8H2,1-6H3,(H,16,17,18)/t10-,11+. The second-order valence-electron chi connectivity index (χ2n) is 5.95. The van der Waals surface area contributed by atoms with E-state index in [1.54, 1.807) is 0 Å². The second-order valence-corrected chi connectivity index (χ2v) is 5.95. The van der Waals surface area contributed by atoms with Crippen LogP contribution >= 0.6 is 0 Å². The zero-order valence-corrected chi connectivity index (χ0v) is 13.4. The van der Waals surface area contributed by atoms with Gasteiger partial charge in [0, 0.05) is 31.6 Å². The number of hydrogen-bond acceptors (Lipinski definition) is 5. The number of rotatable bonds is 3. The Morgan fingerprint density at radius 2 is 1.80 bits per heavy atom. The molecule has 2 heterocycles. The molecular weight excluding hydrogens is 252 g/mol. The van der Waals surface area contributed by atoms with Gasteiger partial charge in [0.25, 0.3) is 0 Å². The summed E-state index contributed by atoms with van der Waals surface area (Å²) in [6.45, 7) is 12.3. The highest BCUT2D eigenvalue weighted by molar-refractivity contribution is 5.59. The molecule has 0 amide bonds. The summed E-state index contributed by atoms with van der Waals surface area (Å²) in [5.41, 5.74) is 1.11. The molecular formula is C15H26N4O. The van der Waals surface area contributed by atoms with Crippen molar-refractivity contribution in [2.75, 3.05) is 30.4 Å². The molecule has 1 fully saturated rings. The maximum absolute atomic E-state index is 5.81. The maximum Gasteiger partial charge on any atom is 0.137 e. The van der Waals surface area contributed by atoms with Crippen LogP contribution in [0.4, 0.5) is 11.6 Å². The number of aromatic nitrogens is 2. The van der Waals surface area contributed by atoms with E-state index in [1.807, 2.05) is 7.05 Å². The van der Waals surface area contributed by atoms with Crippen molar-refractivity contribution in [3.8, 4) is 0 Å². The van der Waals surface area contributed by atoms with Crippen molar-refractivity contribution >= 4 is 11.6 Å². The first-order chi connectivity index (χ1) is 9.42. The molecule has 0 bridgehead atoms. The summed E-state index contributed by atoms with van der Waals surface area (Å²) < 4.78 is 5.81. The lowest BCUT2D eigenvalue weighted by Crippen LogP contribution is -2.46. The van der Waals surface area contributed by atoms with E-state index in [-0.39, 0.29) is 12.2 Å². The summed E-state index contributed by atoms with van der Waals surface area (Å²) in [5.74, 6) is 3.17. The third kappa shape index (κ3) is 3.03. The third-order valence-corrected chi connectivity index (χ3v) is 3.61. The Morgan fingerprint density at radius 1 is 1.20 bits per heavy atom. The van der Waals surface area contributed by atoms with Gasteiger partial charge >= 0.3 is 0 Å². The molecule has 0 unspecified atom stereocenters. The number of nitrogens with zero attached hydrogens (tertiary/aromatic N) is 3. The molecule has 1 saturated heterocycles. The number of ether oxygens (including phenoxy) is 1. The summed E-state index contributed by atoms with van der Waals surface area (Å²) >= 11 is 0. The molecule has 1 N–H and O–H groups in total. The van der Waals surface area contributed by atoms with Gasteiger partial charge < -0.3 is 15.0 Å². The van der Waals surface area contributed by atoms with Crippen LogP contribution in [0.3, 0.4) is 0 Å². The molecule has 0 saturated carbocycles. The van der Waals surface area contributed by atoms with Crippen molar-refractivity contribution in [3.63, 3.8) is 0 Å². The van der Waals surface area contributed by atoms with Gasteiger partial charge in [-0.05, 0) is 20.8 Å². The fourth-order valence-electron chi connectivity index (χ4n) is 2.68. The molecule has 1 aliphatic heterocycles. The molecule has 2 rings (SSSR count). The molecule has 0 aliphatic carbocycles. The van der Waals surface area contributed by atoms with Crippen molar-refractivity contribution in [2.24, 2.45) is 0 Å². The Kier molecular flexibility index (Phi) is 4.48. The van der Waals surface area contributed by atoms with Crippen LogP contribution in [0, 0.1) is 6.92 Å². The number of anilines is 2. The van der Waals surface area contributed by atoms with E-state index in [0.717, 1.165) is 36.1 Å². The van der Waals surface area contributed by atoms with E-state index in [1.165, 1.54) is 0 Å². The first-order valence-corrected chi connectivity index (χ1v) is 7.39. The van der Waals surface area contributed by atoms with Crippen molar-refractivity contribution in [1.82, 2.24) is 9.97 Å². The van der Waals surface area contributed by atoms with Crippen LogP contribution in [0.2, 0.25) is 0 Å². The highest BCUT2D eigenvalue weighted by Crippen LogP contribution is 2.28. The Bertz CT molecular complexity index is 465. The average molecular weight is 278 g/mol. The fraction of sp³-hybridized carbons (Fsp3) is 0.733. The van der Waals surface area contributed by atoms with Gasteiger partial charge in [-0.15, -0.1) is 0 Å². The lowest BCUT2D eigenvalue weighted by atomic mass is 10.1. The van der Waals surface area contributed by atoms with E-state index in [9.17, 15) is 0 Å². The van der Waals surface area contributed by atoms with Crippen LogP contribution in [0.15, 0.2) is 0 Å². The van der Waals surface area contributed by atoms with E-state index in [0.29, 0.717) is 5.92 Å². The summed E-state index contributed by atoms with van der Waals surface area (Å²) in [6.07, 6.45) is 0.460. The van der Waals surface area contributed by atoms with Gasteiger partial charge in [-0.1, -0.05) is 13.8 Å². The van der Waals surface area contributed by atoms with Crippen LogP contribution in [-0.2, 0) is 4.74 Å².